The molecule has 7 nitrogen and oxygen atoms in total. The van der Waals surface area contributed by atoms with Crippen LogP contribution in [0.2, 0.25) is 0 Å². The Balaban J connectivity index is 1.82. The van der Waals surface area contributed by atoms with Crippen LogP contribution in [-0.2, 0) is 0 Å². The van der Waals surface area contributed by atoms with E-state index in [0.29, 0.717) is 23.1 Å². The smallest absolute Gasteiger partial charge is 0.274 e. The second-order valence-corrected chi connectivity index (χ2v) is 6.20. The molecule has 0 aliphatic carbocycles. The third kappa shape index (κ3) is 4.56. The van der Waals surface area contributed by atoms with Gasteiger partial charge in [0, 0.05) is 11.8 Å². The number of hydrogen-bond acceptors (Lipinski definition) is 6. The van der Waals surface area contributed by atoms with Crippen LogP contribution < -0.4 is 20.1 Å². The van der Waals surface area contributed by atoms with E-state index < -0.39 is 0 Å². The zero-order chi connectivity index (χ0) is 20.1. The van der Waals surface area contributed by atoms with Gasteiger partial charge in [0.2, 0.25) is 0 Å². The lowest BCUT2D eigenvalue weighted by molar-refractivity contribution is 0.102. The van der Waals surface area contributed by atoms with Crippen LogP contribution in [0.15, 0.2) is 48.5 Å². The molecule has 0 fully saturated rings. The summed E-state index contributed by atoms with van der Waals surface area (Å²) in [5.74, 6) is 2.07. The van der Waals surface area contributed by atoms with E-state index in [1.807, 2.05) is 25.1 Å². The number of amides is 1. The van der Waals surface area contributed by atoms with E-state index in [2.05, 4.69) is 20.6 Å². The molecule has 0 unspecified atom stereocenters. The van der Waals surface area contributed by atoms with Gasteiger partial charge in [-0.25, -0.2) is 9.97 Å². The van der Waals surface area contributed by atoms with Crippen LogP contribution in [0.1, 0.15) is 21.9 Å². The predicted molar refractivity (Wildman–Crippen MR) is 109 cm³/mol. The number of benzene rings is 2. The molecule has 1 heterocycles. The van der Waals surface area contributed by atoms with Crippen LogP contribution >= 0.6 is 0 Å². The van der Waals surface area contributed by atoms with E-state index >= 15 is 0 Å². The van der Waals surface area contributed by atoms with Crippen molar-refractivity contribution >= 4 is 23.1 Å². The Bertz CT molecular complexity index is 987. The van der Waals surface area contributed by atoms with Gasteiger partial charge in [-0.2, -0.15) is 0 Å². The standard InChI is InChI=1S/C21H22N4O3/c1-13-5-10-19(28-4)17(11-13)25-20-12-18(22-14(2)23-20)21(26)24-15-6-8-16(27-3)9-7-15/h5-12H,1-4H3,(H,24,26)(H,22,23,25). The fraction of sp³-hybridized carbons (Fsp3) is 0.190. The highest BCUT2D eigenvalue weighted by Gasteiger charge is 2.12. The van der Waals surface area contributed by atoms with Crippen molar-refractivity contribution in [1.29, 1.82) is 0 Å². The summed E-state index contributed by atoms with van der Waals surface area (Å²) >= 11 is 0. The number of methoxy groups -OCH3 is 2. The molecule has 7 heteroatoms. The fourth-order valence-electron chi connectivity index (χ4n) is 2.68. The second kappa shape index (κ2) is 8.39. The maximum Gasteiger partial charge on any atom is 0.274 e. The molecule has 0 spiro atoms. The topological polar surface area (TPSA) is 85.4 Å². The number of carbonyl (C=O) groups is 1. The summed E-state index contributed by atoms with van der Waals surface area (Å²) in [6.07, 6.45) is 0. The Morgan fingerprint density at radius 2 is 1.68 bits per heavy atom. The van der Waals surface area contributed by atoms with Crippen molar-refractivity contribution in [3.05, 3.63) is 65.6 Å². The molecule has 3 rings (SSSR count). The summed E-state index contributed by atoms with van der Waals surface area (Å²) in [5.41, 5.74) is 2.75. The summed E-state index contributed by atoms with van der Waals surface area (Å²) in [5, 5.41) is 6.03. The number of hydrogen-bond donors (Lipinski definition) is 2. The normalized spacial score (nSPS) is 10.3. The Morgan fingerprint density at radius 1 is 0.929 bits per heavy atom. The molecule has 144 valence electrons. The average Bonchev–Trinajstić information content (AvgIpc) is 2.68. The molecule has 0 radical (unpaired) electrons. The maximum absolute atomic E-state index is 12.6. The minimum absolute atomic E-state index is 0.262. The first-order valence-electron chi connectivity index (χ1n) is 8.71. The molecule has 0 atom stereocenters. The summed E-state index contributed by atoms with van der Waals surface area (Å²) in [4.78, 5) is 21.2. The maximum atomic E-state index is 12.6. The molecule has 1 aromatic heterocycles. The van der Waals surface area contributed by atoms with Crippen LogP contribution in [-0.4, -0.2) is 30.1 Å². The summed E-state index contributed by atoms with van der Waals surface area (Å²) < 4.78 is 10.5. The Morgan fingerprint density at radius 3 is 2.36 bits per heavy atom. The van der Waals surface area contributed by atoms with E-state index in [1.54, 1.807) is 51.5 Å². The van der Waals surface area contributed by atoms with Crippen molar-refractivity contribution in [2.75, 3.05) is 24.9 Å². The monoisotopic (exact) mass is 378 g/mol. The third-order valence-corrected chi connectivity index (χ3v) is 4.04. The van der Waals surface area contributed by atoms with E-state index in [9.17, 15) is 4.79 Å². The number of rotatable bonds is 6. The molecular formula is C21H22N4O3. The van der Waals surface area contributed by atoms with Crippen molar-refractivity contribution < 1.29 is 14.3 Å². The average molecular weight is 378 g/mol. The SMILES string of the molecule is COc1ccc(NC(=O)c2cc(Nc3cc(C)ccc3OC)nc(C)n2)cc1. The Labute approximate surface area is 163 Å². The van der Waals surface area contributed by atoms with Crippen LogP contribution in [0, 0.1) is 13.8 Å². The lowest BCUT2D eigenvalue weighted by Crippen LogP contribution is -2.15. The molecule has 28 heavy (non-hydrogen) atoms. The summed E-state index contributed by atoms with van der Waals surface area (Å²) in [6, 6.07) is 14.5. The van der Waals surface area contributed by atoms with Gasteiger partial charge in [-0.15, -0.1) is 0 Å². The zero-order valence-corrected chi connectivity index (χ0v) is 16.2. The van der Waals surface area contributed by atoms with Gasteiger partial charge in [0.15, 0.2) is 0 Å². The largest absolute Gasteiger partial charge is 0.497 e. The van der Waals surface area contributed by atoms with Gasteiger partial charge < -0.3 is 20.1 Å². The van der Waals surface area contributed by atoms with E-state index in [4.69, 9.17) is 9.47 Å². The number of anilines is 3. The molecule has 3 aromatic rings. The Hall–Kier alpha value is -3.61. The van der Waals surface area contributed by atoms with Crippen molar-refractivity contribution in [1.82, 2.24) is 9.97 Å². The van der Waals surface area contributed by atoms with Crippen molar-refractivity contribution in [3.63, 3.8) is 0 Å². The predicted octanol–water partition coefficient (Wildman–Crippen LogP) is 4.11. The first-order chi connectivity index (χ1) is 13.5. The lowest BCUT2D eigenvalue weighted by Gasteiger charge is -2.13. The van der Waals surface area contributed by atoms with E-state index in [1.165, 1.54) is 0 Å². The van der Waals surface area contributed by atoms with Crippen LogP contribution in [0.25, 0.3) is 0 Å². The molecule has 2 aromatic carbocycles. The quantitative estimate of drug-likeness (QED) is 0.671. The molecule has 0 bridgehead atoms. The number of carbonyl (C=O) groups excluding carboxylic acids is 1. The number of nitrogens with one attached hydrogen (secondary N) is 2. The number of ether oxygens (including phenoxy) is 2. The highest BCUT2D eigenvalue weighted by Crippen LogP contribution is 2.28. The molecule has 0 saturated carbocycles. The minimum atomic E-state index is -0.324. The number of aryl methyl sites for hydroxylation is 2. The Kier molecular flexibility index (Phi) is 5.74. The molecule has 1 amide bonds. The number of nitrogens with zero attached hydrogens (tertiary/aromatic N) is 2. The van der Waals surface area contributed by atoms with Crippen LogP contribution in [0.3, 0.4) is 0 Å². The molecule has 0 aliphatic heterocycles. The van der Waals surface area contributed by atoms with Crippen molar-refractivity contribution in [2.45, 2.75) is 13.8 Å². The van der Waals surface area contributed by atoms with Crippen LogP contribution in [0.4, 0.5) is 17.2 Å². The molecular weight excluding hydrogens is 356 g/mol. The zero-order valence-electron chi connectivity index (χ0n) is 16.2. The lowest BCUT2D eigenvalue weighted by atomic mass is 10.2. The van der Waals surface area contributed by atoms with Crippen molar-refractivity contribution in [3.8, 4) is 11.5 Å². The first kappa shape index (κ1) is 19.2. The fourth-order valence-corrected chi connectivity index (χ4v) is 2.68. The summed E-state index contributed by atoms with van der Waals surface area (Å²) in [7, 11) is 3.20. The second-order valence-electron chi connectivity index (χ2n) is 6.20. The van der Waals surface area contributed by atoms with Crippen molar-refractivity contribution in [2.24, 2.45) is 0 Å². The number of aromatic nitrogens is 2. The third-order valence-electron chi connectivity index (χ3n) is 4.04. The molecule has 0 aliphatic rings. The van der Waals surface area contributed by atoms with Gasteiger partial charge >= 0.3 is 0 Å². The van der Waals surface area contributed by atoms with Gasteiger partial charge in [0.25, 0.3) is 5.91 Å². The van der Waals surface area contributed by atoms with E-state index in [0.717, 1.165) is 17.0 Å². The minimum Gasteiger partial charge on any atom is -0.497 e. The molecule has 0 saturated heterocycles. The van der Waals surface area contributed by atoms with Gasteiger partial charge in [0.1, 0.15) is 28.8 Å². The van der Waals surface area contributed by atoms with Gasteiger partial charge in [-0.1, -0.05) is 6.07 Å². The molecule has 2 N–H and O–H groups in total. The highest BCUT2D eigenvalue weighted by atomic mass is 16.5. The van der Waals surface area contributed by atoms with Gasteiger partial charge in [0.05, 0.1) is 19.9 Å². The first-order valence-corrected chi connectivity index (χ1v) is 8.71. The highest BCUT2D eigenvalue weighted by molar-refractivity contribution is 6.03. The summed E-state index contributed by atoms with van der Waals surface area (Å²) in [6.45, 7) is 3.73. The van der Waals surface area contributed by atoms with Crippen LogP contribution in [0.5, 0.6) is 11.5 Å². The van der Waals surface area contributed by atoms with Gasteiger partial charge in [-0.3, -0.25) is 4.79 Å². The van der Waals surface area contributed by atoms with Gasteiger partial charge in [-0.05, 0) is 55.8 Å². The van der Waals surface area contributed by atoms with E-state index in [-0.39, 0.29) is 11.6 Å².